The zero-order valence-corrected chi connectivity index (χ0v) is 10.3. The summed E-state index contributed by atoms with van der Waals surface area (Å²) >= 11 is 0. The minimum Gasteiger partial charge on any atom is -0.313 e. The van der Waals surface area contributed by atoms with Crippen molar-refractivity contribution in [1.29, 1.82) is 0 Å². The van der Waals surface area contributed by atoms with E-state index in [4.69, 9.17) is 0 Å². The summed E-state index contributed by atoms with van der Waals surface area (Å²) in [5, 5.41) is 3.23. The molecule has 0 amide bonds. The van der Waals surface area contributed by atoms with Crippen molar-refractivity contribution in [2.24, 2.45) is 0 Å². The molecule has 0 spiro atoms. The molecule has 90 valence electrons. The van der Waals surface area contributed by atoms with Crippen molar-refractivity contribution in [3.05, 3.63) is 35.6 Å². The molecule has 1 rings (SSSR count). The molecular weight excluding hydrogens is 203 g/mol. The maximum atomic E-state index is 13.1. The number of nitrogens with zero attached hydrogens (tertiary/aromatic N) is 1. The number of hydrogen-bond donors (Lipinski definition) is 1. The van der Waals surface area contributed by atoms with E-state index in [0.717, 1.165) is 25.1 Å². The maximum Gasteiger partial charge on any atom is 0.123 e. The van der Waals surface area contributed by atoms with Gasteiger partial charge in [-0.2, -0.15) is 0 Å². The molecule has 0 saturated heterocycles. The van der Waals surface area contributed by atoms with E-state index in [2.05, 4.69) is 24.2 Å². The van der Waals surface area contributed by atoms with Gasteiger partial charge < -0.3 is 10.2 Å². The van der Waals surface area contributed by atoms with Gasteiger partial charge in [0.15, 0.2) is 0 Å². The third-order valence-corrected chi connectivity index (χ3v) is 2.94. The average Bonchev–Trinajstić information content (AvgIpc) is 2.29. The molecule has 0 fully saturated rings. The third kappa shape index (κ3) is 3.91. The molecule has 0 aliphatic carbocycles. The van der Waals surface area contributed by atoms with E-state index >= 15 is 0 Å². The second-order valence-electron chi connectivity index (χ2n) is 4.08. The predicted molar refractivity (Wildman–Crippen MR) is 66.0 cm³/mol. The van der Waals surface area contributed by atoms with Crippen LogP contribution < -0.4 is 5.32 Å². The fraction of sp³-hybridized carbons (Fsp3) is 0.538. The molecule has 1 aromatic carbocycles. The first kappa shape index (κ1) is 13.1. The van der Waals surface area contributed by atoms with E-state index in [1.54, 1.807) is 12.1 Å². The molecule has 0 saturated carbocycles. The van der Waals surface area contributed by atoms with Crippen molar-refractivity contribution in [2.75, 3.05) is 27.2 Å². The lowest BCUT2D eigenvalue weighted by atomic mass is 10.0. The highest BCUT2D eigenvalue weighted by molar-refractivity contribution is 5.20. The Bertz CT molecular complexity index is 315. The molecular formula is C13H21FN2. The van der Waals surface area contributed by atoms with Crippen LogP contribution in [0.2, 0.25) is 0 Å². The van der Waals surface area contributed by atoms with Crippen LogP contribution in [-0.4, -0.2) is 32.1 Å². The Kier molecular flexibility index (Phi) is 5.43. The lowest BCUT2D eigenvalue weighted by molar-refractivity contribution is 0.325. The van der Waals surface area contributed by atoms with Crippen molar-refractivity contribution in [1.82, 2.24) is 10.2 Å². The van der Waals surface area contributed by atoms with Crippen LogP contribution in [0.3, 0.4) is 0 Å². The largest absolute Gasteiger partial charge is 0.313 e. The highest BCUT2D eigenvalue weighted by Gasteiger charge is 2.10. The smallest absolute Gasteiger partial charge is 0.123 e. The zero-order valence-electron chi connectivity index (χ0n) is 10.3. The highest BCUT2D eigenvalue weighted by atomic mass is 19.1. The minimum atomic E-state index is -0.165. The highest BCUT2D eigenvalue weighted by Crippen LogP contribution is 2.17. The molecule has 0 aliphatic heterocycles. The Balaban J connectivity index is 2.60. The van der Waals surface area contributed by atoms with Crippen LogP contribution in [0.25, 0.3) is 0 Å². The van der Waals surface area contributed by atoms with Gasteiger partial charge in [-0.25, -0.2) is 4.39 Å². The summed E-state index contributed by atoms with van der Waals surface area (Å²) in [7, 11) is 4.01. The lowest BCUT2D eigenvalue weighted by Crippen LogP contribution is -2.25. The van der Waals surface area contributed by atoms with Gasteiger partial charge in [-0.15, -0.1) is 0 Å². The van der Waals surface area contributed by atoms with Gasteiger partial charge in [-0.05, 0) is 51.3 Å². The van der Waals surface area contributed by atoms with Crippen molar-refractivity contribution in [3.8, 4) is 0 Å². The fourth-order valence-corrected chi connectivity index (χ4v) is 1.71. The van der Waals surface area contributed by atoms with Gasteiger partial charge in [0.05, 0.1) is 0 Å². The molecule has 1 unspecified atom stereocenters. The first-order chi connectivity index (χ1) is 7.67. The number of halogens is 1. The molecule has 3 heteroatoms. The molecule has 16 heavy (non-hydrogen) atoms. The van der Waals surface area contributed by atoms with E-state index in [0.29, 0.717) is 0 Å². The number of benzene rings is 1. The first-order valence-electron chi connectivity index (χ1n) is 5.78. The Morgan fingerprint density at radius 3 is 2.75 bits per heavy atom. The quantitative estimate of drug-likeness (QED) is 0.798. The van der Waals surface area contributed by atoms with Gasteiger partial charge in [0.25, 0.3) is 0 Å². The van der Waals surface area contributed by atoms with E-state index in [9.17, 15) is 4.39 Å². The minimum absolute atomic E-state index is 0.165. The molecule has 0 heterocycles. The van der Waals surface area contributed by atoms with Crippen LogP contribution in [0.4, 0.5) is 4.39 Å². The van der Waals surface area contributed by atoms with Gasteiger partial charge in [-0.3, -0.25) is 0 Å². The van der Waals surface area contributed by atoms with Crippen LogP contribution in [0.1, 0.15) is 24.9 Å². The molecule has 1 atom stereocenters. The van der Waals surface area contributed by atoms with E-state index < -0.39 is 0 Å². The molecule has 0 radical (unpaired) electrons. The summed E-state index contributed by atoms with van der Waals surface area (Å²) in [6.07, 6.45) is 0.990. The number of nitrogens with one attached hydrogen (secondary N) is 1. The maximum absolute atomic E-state index is 13.1. The van der Waals surface area contributed by atoms with Crippen molar-refractivity contribution in [3.63, 3.8) is 0 Å². The van der Waals surface area contributed by atoms with Crippen molar-refractivity contribution in [2.45, 2.75) is 19.4 Å². The Labute approximate surface area is 97.5 Å². The molecule has 0 aliphatic rings. The third-order valence-electron chi connectivity index (χ3n) is 2.94. The topological polar surface area (TPSA) is 15.3 Å². The lowest BCUT2D eigenvalue weighted by Gasteiger charge is -2.20. The van der Waals surface area contributed by atoms with E-state index in [1.165, 1.54) is 6.07 Å². The van der Waals surface area contributed by atoms with E-state index in [1.807, 2.05) is 13.1 Å². The summed E-state index contributed by atoms with van der Waals surface area (Å²) in [6, 6.07) is 7.04. The monoisotopic (exact) mass is 224 g/mol. The van der Waals surface area contributed by atoms with Crippen LogP contribution in [0, 0.1) is 5.82 Å². The molecule has 1 aromatic rings. The van der Waals surface area contributed by atoms with Gasteiger partial charge in [0, 0.05) is 6.04 Å². The SMILES string of the molecule is CCN(C)CCC(NC)c1cccc(F)c1. The summed E-state index contributed by atoms with van der Waals surface area (Å²) in [5.41, 5.74) is 1.02. The van der Waals surface area contributed by atoms with Crippen LogP contribution >= 0.6 is 0 Å². The zero-order chi connectivity index (χ0) is 12.0. The van der Waals surface area contributed by atoms with Crippen LogP contribution in [0.5, 0.6) is 0 Å². The molecule has 0 aromatic heterocycles. The number of hydrogen-bond acceptors (Lipinski definition) is 2. The van der Waals surface area contributed by atoms with E-state index in [-0.39, 0.29) is 11.9 Å². The van der Waals surface area contributed by atoms with Gasteiger partial charge >= 0.3 is 0 Å². The van der Waals surface area contributed by atoms with Crippen molar-refractivity contribution < 1.29 is 4.39 Å². The summed E-state index contributed by atoms with van der Waals surface area (Å²) in [5.74, 6) is -0.165. The second kappa shape index (κ2) is 6.61. The Morgan fingerprint density at radius 2 is 2.19 bits per heavy atom. The normalized spacial score (nSPS) is 13.1. The van der Waals surface area contributed by atoms with Crippen LogP contribution in [0.15, 0.2) is 24.3 Å². The Morgan fingerprint density at radius 1 is 1.44 bits per heavy atom. The molecule has 0 bridgehead atoms. The average molecular weight is 224 g/mol. The summed E-state index contributed by atoms with van der Waals surface area (Å²) in [4.78, 5) is 2.25. The fourth-order valence-electron chi connectivity index (χ4n) is 1.71. The second-order valence-corrected chi connectivity index (χ2v) is 4.08. The van der Waals surface area contributed by atoms with Crippen LogP contribution in [-0.2, 0) is 0 Å². The van der Waals surface area contributed by atoms with Crippen molar-refractivity contribution >= 4 is 0 Å². The standard InChI is InChI=1S/C13H21FN2/c1-4-16(3)9-8-13(15-2)11-6-5-7-12(14)10-11/h5-7,10,13,15H,4,8-9H2,1-3H3. The van der Waals surface area contributed by atoms with Gasteiger partial charge in [0.1, 0.15) is 5.82 Å². The van der Waals surface area contributed by atoms with Gasteiger partial charge in [-0.1, -0.05) is 19.1 Å². The van der Waals surface area contributed by atoms with Gasteiger partial charge in [0.2, 0.25) is 0 Å². The first-order valence-corrected chi connectivity index (χ1v) is 5.78. The summed E-state index contributed by atoms with van der Waals surface area (Å²) in [6.45, 7) is 4.19. The molecule has 1 N–H and O–H groups in total. The Hall–Kier alpha value is -0.930. The predicted octanol–water partition coefficient (Wildman–Crippen LogP) is 2.43. The summed E-state index contributed by atoms with van der Waals surface area (Å²) < 4.78 is 13.1. The molecule has 2 nitrogen and oxygen atoms in total. The number of rotatable bonds is 6.